The molecule has 2 aromatic carbocycles. The Hall–Kier alpha value is -3.75. The molecule has 1 aliphatic heterocycles. The van der Waals surface area contributed by atoms with Gasteiger partial charge in [-0.2, -0.15) is 4.98 Å². The van der Waals surface area contributed by atoms with Crippen molar-refractivity contribution in [2.75, 3.05) is 18.4 Å². The molecule has 1 saturated heterocycles. The van der Waals surface area contributed by atoms with Crippen LogP contribution in [0.2, 0.25) is 5.02 Å². The molecule has 4 heterocycles. The normalized spacial score (nSPS) is 15.3. The molecule has 6 rings (SSSR count). The van der Waals surface area contributed by atoms with Crippen molar-refractivity contribution >= 4 is 45.4 Å². The van der Waals surface area contributed by atoms with Crippen molar-refractivity contribution in [3.63, 3.8) is 0 Å². The van der Waals surface area contributed by atoms with Crippen molar-refractivity contribution in [1.29, 1.82) is 0 Å². The second-order valence-electron chi connectivity index (χ2n) is 8.98. The number of aromatic nitrogens is 3. The first-order valence-electron chi connectivity index (χ1n) is 12.1. The Morgan fingerprint density at radius 3 is 2.86 bits per heavy atom. The third-order valence-electron chi connectivity index (χ3n) is 6.55. The van der Waals surface area contributed by atoms with Gasteiger partial charge in [0.1, 0.15) is 28.4 Å². The maximum Gasteiger partial charge on any atom is 0.300 e. The Labute approximate surface area is 213 Å². The van der Waals surface area contributed by atoms with E-state index in [9.17, 15) is 0 Å². The topological polar surface area (TPSA) is 97.2 Å². The average molecular weight is 504 g/mol. The summed E-state index contributed by atoms with van der Waals surface area (Å²) in [6.45, 7) is 4.16. The van der Waals surface area contributed by atoms with E-state index >= 15 is 0 Å². The molecule has 184 valence electrons. The van der Waals surface area contributed by atoms with E-state index < -0.39 is 0 Å². The molecule has 5 aromatic rings. The van der Waals surface area contributed by atoms with Crippen LogP contribution in [0.3, 0.4) is 0 Å². The molecular weight excluding hydrogens is 478 g/mol. The molecule has 1 aliphatic rings. The lowest BCUT2D eigenvalue weighted by atomic mass is 9.93. The van der Waals surface area contributed by atoms with Crippen LogP contribution in [0.25, 0.3) is 22.1 Å². The Morgan fingerprint density at radius 1 is 1.08 bits per heavy atom. The summed E-state index contributed by atoms with van der Waals surface area (Å²) in [5.41, 5.74) is 2.88. The monoisotopic (exact) mass is 503 g/mol. The lowest BCUT2D eigenvalue weighted by Gasteiger charge is -2.29. The number of hydrogen-bond donors (Lipinski definition) is 3. The van der Waals surface area contributed by atoms with Gasteiger partial charge in [0.2, 0.25) is 0 Å². The van der Waals surface area contributed by atoms with Crippen molar-refractivity contribution in [2.45, 2.75) is 25.9 Å². The first kappa shape index (κ1) is 22.7. The third-order valence-corrected chi connectivity index (χ3v) is 6.86. The number of piperidine rings is 1. The number of aromatic amines is 1. The fraction of sp³-hybridized carbons (Fsp3) is 0.259. The molecule has 9 heteroatoms. The van der Waals surface area contributed by atoms with Gasteiger partial charge >= 0.3 is 0 Å². The number of pyridine rings is 1. The second kappa shape index (κ2) is 9.72. The quantitative estimate of drug-likeness (QED) is 0.228. The van der Waals surface area contributed by atoms with Gasteiger partial charge in [-0.15, -0.1) is 0 Å². The molecule has 1 fully saturated rings. The molecule has 0 amide bonds. The Kier molecular flexibility index (Phi) is 6.13. The standard InChI is InChI=1S/C27H26ClN5O3/c1-16(17-6-10-29-11-7-17)34-25-14-18(2-4-21(25)28)32-27-33-22-15-19(3-5-24(22)36-27)35-23-9-13-31-26-20(23)8-12-30-26/h2-5,8-9,12-17,29H,6-7,10-11H2,1H3,(H,30,31)(H,32,33). The van der Waals surface area contributed by atoms with Gasteiger partial charge in [0, 0.05) is 30.2 Å². The van der Waals surface area contributed by atoms with Crippen LogP contribution in [0, 0.1) is 5.92 Å². The molecule has 0 radical (unpaired) electrons. The summed E-state index contributed by atoms with van der Waals surface area (Å²) < 4.78 is 18.3. The van der Waals surface area contributed by atoms with Crippen molar-refractivity contribution in [2.24, 2.45) is 5.92 Å². The first-order chi connectivity index (χ1) is 17.6. The highest BCUT2D eigenvalue weighted by atomic mass is 35.5. The second-order valence-corrected chi connectivity index (χ2v) is 9.39. The molecule has 8 nitrogen and oxygen atoms in total. The SMILES string of the molecule is CC(Oc1cc(Nc2nc3cc(Oc4ccnc5[nH]ccc45)ccc3o2)ccc1Cl)C1CCNCC1. The molecule has 3 aromatic heterocycles. The van der Waals surface area contributed by atoms with Crippen molar-refractivity contribution in [3.8, 4) is 17.2 Å². The van der Waals surface area contributed by atoms with Crippen molar-refractivity contribution in [1.82, 2.24) is 20.3 Å². The number of nitrogens with one attached hydrogen (secondary N) is 3. The number of nitrogens with zero attached hydrogens (tertiary/aromatic N) is 2. The third kappa shape index (κ3) is 4.69. The van der Waals surface area contributed by atoms with Gasteiger partial charge in [0.05, 0.1) is 16.5 Å². The van der Waals surface area contributed by atoms with Crippen LogP contribution >= 0.6 is 11.6 Å². The summed E-state index contributed by atoms with van der Waals surface area (Å²) in [6, 6.07) is 15.3. The minimum Gasteiger partial charge on any atom is -0.489 e. The highest BCUT2D eigenvalue weighted by Gasteiger charge is 2.22. The van der Waals surface area contributed by atoms with Crippen LogP contribution in [0.5, 0.6) is 17.2 Å². The number of fused-ring (bicyclic) bond motifs is 2. The van der Waals surface area contributed by atoms with Crippen LogP contribution in [0.15, 0.2) is 65.3 Å². The minimum atomic E-state index is 0.0792. The van der Waals surface area contributed by atoms with E-state index in [0.29, 0.717) is 39.6 Å². The minimum absolute atomic E-state index is 0.0792. The van der Waals surface area contributed by atoms with E-state index in [2.05, 4.69) is 32.5 Å². The van der Waals surface area contributed by atoms with E-state index in [0.717, 1.165) is 48.4 Å². The average Bonchev–Trinajstić information content (AvgIpc) is 3.53. The summed E-state index contributed by atoms with van der Waals surface area (Å²) in [4.78, 5) is 12.0. The lowest BCUT2D eigenvalue weighted by Crippen LogP contribution is -2.35. The van der Waals surface area contributed by atoms with E-state index in [1.807, 2.05) is 54.7 Å². The summed E-state index contributed by atoms with van der Waals surface area (Å²) in [5.74, 6) is 2.53. The number of benzene rings is 2. The van der Waals surface area contributed by atoms with Crippen LogP contribution in [0.4, 0.5) is 11.7 Å². The maximum atomic E-state index is 6.44. The molecule has 0 aliphatic carbocycles. The predicted molar refractivity (Wildman–Crippen MR) is 141 cm³/mol. The molecule has 0 spiro atoms. The summed E-state index contributed by atoms with van der Waals surface area (Å²) in [5, 5.41) is 8.11. The summed E-state index contributed by atoms with van der Waals surface area (Å²) >= 11 is 6.44. The van der Waals surface area contributed by atoms with Crippen LogP contribution in [-0.2, 0) is 0 Å². The number of halogens is 1. The van der Waals surface area contributed by atoms with Crippen LogP contribution in [0.1, 0.15) is 19.8 Å². The van der Waals surface area contributed by atoms with Gasteiger partial charge in [0.15, 0.2) is 5.58 Å². The molecule has 1 atom stereocenters. The van der Waals surface area contributed by atoms with Crippen LogP contribution in [-0.4, -0.2) is 34.1 Å². The van der Waals surface area contributed by atoms with Gasteiger partial charge in [-0.1, -0.05) is 11.6 Å². The Balaban J connectivity index is 1.18. The summed E-state index contributed by atoms with van der Waals surface area (Å²) in [6.07, 6.45) is 5.83. The molecule has 36 heavy (non-hydrogen) atoms. The smallest absolute Gasteiger partial charge is 0.300 e. The largest absolute Gasteiger partial charge is 0.489 e. The Bertz CT molecular complexity index is 1510. The molecule has 0 bridgehead atoms. The van der Waals surface area contributed by atoms with Gasteiger partial charge in [-0.25, -0.2) is 4.98 Å². The van der Waals surface area contributed by atoms with Gasteiger partial charge in [-0.3, -0.25) is 0 Å². The number of oxazole rings is 1. The van der Waals surface area contributed by atoms with Gasteiger partial charge in [0.25, 0.3) is 6.01 Å². The number of hydrogen-bond acceptors (Lipinski definition) is 7. The Morgan fingerprint density at radius 2 is 1.97 bits per heavy atom. The molecule has 0 saturated carbocycles. The molecular formula is C27H26ClN5O3. The number of rotatable bonds is 7. The highest BCUT2D eigenvalue weighted by molar-refractivity contribution is 6.32. The van der Waals surface area contributed by atoms with E-state index in [1.165, 1.54) is 0 Å². The fourth-order valence-electron chi connectivity index (χ4n) is 4.58. The van der Waals surface area contributed by atoms with E-state index in [1.54, 1.807) is 6.20 Å². The molecule has 3 N–H and O–H groups in total. The van der Waals surface area contributed by atoms with E-state index in [4.69, 9.17) is 25.5 Å². The first-order valence-corrected chi connectivity index (χ1v) is 12.4. The van der Waals surface area contributed by atoms with Crippen molar-refractivity contribution in [3.05, 3.63) is 65.9 Å². The van der Waals surface area contributed by atoms with Gasteiger partial charge < -0.3 is 29.5 Å². The number of anilines is 2. The number of H-pyrrole nitrogens is 1. The molecule has 1 unspecified atom stereocenters. The van der Waals surface area contributed by atoms with Crippen molar-refractivity contribution < 1.29 is 13.9 Å². The van der Waals surface area contributed by atoms with E-state index in [-0.39, 0.29) is 6.10 Å². The maximum absolute atomic E-state index is 6.44. The fourth-order valence-corrected chi connectivity index (χ4v) is 4.74. The van der Waals surface area contributed by atoms with Crippen LogP contribution < -0.4 is 20.1 Å². The van der Waals surface area contributed by atoms with Gasteiger partial charge in [-0.05, 0) is 75.2 Å². The summed E-state index contributed by atoms with van der Waals surface area (Å²) in [7, 11) is 0. The predicted octanol–water partition coefficient (Wildman–Crippen LogP) is 6.66. The zero-order chi connectivity index (χ0) is 24.5. The zero-order valence-corrected chi connectivity index (χ0v) is 20.5. The zero-order valence-electron chi connectivity index (χ0n) is 19.8. The highest BCUT2D eigenvalue weighted by Crippen LogP contribution is 2.34. The lowest BCUT2D eigenvalue weighted by molar-refractivity contribution is 0.128. The number of ether oxygens (including phenoxy) is 2.